The van der Waals surface area contributed by atoms with Crippen molar-refractivity contribution in [1.29, 1.82) is 0 Å². The molecule has 1 fully saturated rings. The van der Waals surface area contributed by atoms with Gasteiger partial charge < -0.3 is 4.74 Å². The van der Waals surface area contributed by atoms with Gasteiger partial charge in [-0.2, -0.15) is 0 Å². The van der Waals surface area contributed by atoms with Gasteiger partial charge in [0.1, 0.15) is 6.10 Å². The standard InChI is InChI=1S/C11H15BrO2/c1-6(2)3-7-4-10-9(12)5-8(7)11(13)14-10/h5-8,10H,3-4H2,1-2H3/t7-,8-,10-/m0/s1. The lowest BCUT2D eigenvalue weighted by Gasteiger charge is -2.39. The molecule has 0 radical (unpaired) electrons. The summed E-state index contributed by atoms with van der Waals surface area (Å²) in [7, 11) is 0. The number of hydrogen-bond acceptors (Lipinski definition) is 2. The highest BCUT2D eigenvalue weighted by molar-refractivity contribution is 9.11. The quantitative estimate of drug-likeness (QED) is 0.713. The molecule has 2 aliphatic heterocycles. The average Bonchev–Trinajstić information content (AvgIpc) is 2.07. The first-order chi connectivity index (χ1) is 6.58. The topological polar surface area (TPSA) is 26.3 Å². The molecule has 3 atom stereocenters. The second-order valence-electron chi connectivity index (χ2n) is 4.63. The van der Waals surface area contributed by atoms with Gasteiger partial charge in [-0.05, 0) is 24.7 Å². The van der Waals surface area contributed by atoms with Crippen LogP contribution in [-0.2, 0) is 9.53 Å². The van der Waals surface area contributed by atoms with Gasteiger partial charge in [-0.15, -0.1) is 0 Å². The molecule has 14 heavy (non-hydrogen) atoms. The Labute approximate surface area is 92.8 Å². The molecule has 2 heterocycles. The molecule has 78 valence electrons. The number of carbonyl (C=O) groups is 1. The molecule has 0 saturated carbocycles. The Morgan fingerprint density at radius 1 is 1.64 bits per heavy atom. The number of halogens is 1. The van der Waals surface area contributed by atoms with Crippen LogP contribution in [-0.4, -0.2) is 12.1 Å². The van der Waals surface area contributed by atoms with Gasteiger partial charge in [0.25, 0.3) is 0 Å². The molecule has 0 amide bonds. The van der Waals surface area contributed by atoms with Crippen LogP contribution in [0, 0.1) is 17.8 Å². The van der Waals surface area contributed by atoms with E-state index in [2.05, 4.69) is 29.8 Å². The van der Waals surface area contributed by atoms with Gasteiger partial charge >= 0.3 is 5.97 Å². The molecular weight excluding hydrogens is 244 g/mol. The smallest absolute Gasteiger partial charge is 0.313 e. The number of hydrogen-bond donors (Lipinski definition) is 0. The van der Waals surface area contributed by atoms with Gasteiger partial charge in [0.15, 0.2) is 0 Å². The van der Waals surface area contributed by atoms with E-state index in [0.717, 1.165) is 17.3 Å². The summed E-state index contributed by atoms with van der Waals surface area (Å²) in [6.45, 7) is 4.40. The van der Waals surface area contributed by atoms with Gasteiger partial charge in [0.2, 0.25) is 0 Å². The van der Waals surface area contributed by atoms with Crippen LogP contribution in [0.4, 0.5) is 0 Å². The van der Waals surface area contributed by atoms with E-state index in [-0.39, 0.29) is 18.0 Å². The Bertz CT molecular complexity index is 283. The third kappa shape index (κ3) is 1.74. The van der Waals surface area contributed by atoms with Crippen molar-refractivity contribution in [3.05, 3.63) is 10.6 Å². The maximum atomic E-state index is 11.5. The summed E-state index contributed by atoms with van der Waals surface area (Å²) >= 11 is 3.45. The molecule has 0 N–H and O–H groups in total. The zero-order valence-corrected chi connectivity index (χ0v) is 10.1. The van der Waals surface area contributed by atoms with Crippen molar-refractivity contribution in [3.8, 4) is 0 Å². The number of esters is 1. The van der Waals surface area contributed by atoms with E-state index in [4.69, 9.17) is 4.74 Å². The zero-order valence-electron chi connectivity index (χ0n) is 8.50. The SMILES string of the molecule is CC(C)C[C@H]1C[C@@H]2OC(=O)[C@H]1C=C2Br. The van der Waals surface area contributed by atoms with Crippen molar-refractivity contribution < 1.29 is 9.53 Å². The number of rotatable bonds is 2. The summed E-state index contributed by atoms with van der Waals surface area (Å²) < 4.78 is 6.31. The Hall–Kier alpha value is -0.310. The first-order valence-electron chi connectivity index (χ1n) is 5.15. The molecular formula is C11H15BrO2. The maximum Gasteiger partial charge on any atom is 0.313 e. The molecule has 3 aliphatic rings. The highest BCUT2D eigenvalue weighted by atomic mass is 79.9. The van der Waals surface area contributed by atoms with E-state index in [1.165, 1.54) is 0 Å². The van der Waals surface area contributed by atoms with Gasteiger partial charge in [-0.1, -0.05) is 35.9 Å². The van der Waals surface area contributed by atoms with Crippen molar-refractivity contribution in [2.45, 2.75) is 32.8 Å². The average molecular weight is 259 g/mol. The van der Waals surface area contributed by atoms with Crippen LogP contribution in [0.25, 0.3) is 0 Å². The van der Waals surface area contributed by atoms with Gasteiger partial charge in [0.05, 0.1) is 5.92 Å². The van der Waals surface area contributed by atoms with Crippen LogP contribution in [0.15, 0.2) is 10.6 Å². The molecule has 0 aromatic carbocycles. The number of carbonyl (C=O) groups excluding carboxylic acids is 1. The van der Waals surface area contributed by atoms with Crippen LogP contribution < -0.4 is 0 Å². The zero-order chi connectivity index (χ0) is 10.3. The van der Waals surface area contributed by atoms with Gasteiger partial charge in [-0.3, -0.25) is 4.79 Å². The molecule has 0 spiro atoms. The normalized spacial score (nSPS) is 35.9. The molecule has 0 unspecified atom stereocenters. The lowest BCUT2D eigenvalue weighted by molar-refractivity contribution is -0.161. The predicted molar refractivity (Wildman–Crippen MR) is 57.9 cm³/mol. The van der Waals surface area contributed by atoms with E-state index in [1.54, 1.807) is 0 Å². The minimum absolute atomic E-state index is 0.00299. The molecule has 0 aromatic heterocycles. The van der Waals surface area contributed by atoms with Crippen LogP contribution >= 0.6 is 15.9 Å². The lowest BCUT2D eigenvalue weighted by atomic mass is 9.76. The van der Waals surface area contributed by atoms with E-state index >= 15 is 0 Å². The summed E-state index contributed by atoms with van der Waals surface area (Å²) in [6, 6.07) is 0. The minimum Gasteiger partial charge on any atom is -0.456 e. The maximum absolute atomic E-state index is 11.5. The first-order valence-corrected chi connectivity index (χ1v) is 5.95. The summed E-state index contributed by atoms with van der Waals surface area (Å²) in [6.07, 6.45) is 4.14. The summed E-state index contributed by atoms with van der Waals surface area (Å²) in [4.78, 5) is 11.5. The van der Waals surface area contributed by atoms with Crippen LogP contribution in [0.2, 0.25) is 0 Å². The summed E-state index contributed by atoms with van der Waals surface area (Å²) in [5.41, 5.74) is 0. The molecule has 1 saturated heterocycles. The van der Waals surface area contributed by atoms with Gasteiger partial charge in [0, 0.05) is 4.48 Å². The molecule has 3 rings (SSSR count). The van der Waals surface area contributed by atoms with Crippen LogP contribution in [0.5, 0.6) is 0 Å². The third-order valence-electron chi connectivity index (χ3n) is 2.98. The largest absolute Gasteiger partial charge is 0.456 e. The Morgan fingerprint density at radius 2 is 2.36 bits per heavy atom. The van der Waals surface area contributed by atoms with Crippen molar-refractivity contribution in [3.63, 3.8) is 0 Å². The van der Waals surface area contributed by atoms with E-state index in [1.807, 2.05) is 6.08 Å². The van der Waals surface area contributed by atoms with Crippen molar-refractivity contribution in [1.82, 2.24) is 0 Å². The monoisotopic (exact) mass is 258 g/mol. The first kappa shape index (κ1) is 10.2. The molecule has 2 bridgehead atoms. The summed E-state index contributed by atoms with van der Waals surface area (Å²) in [5.74, 6) is 1.11. The molecule has 0 aromatic rings. The minimum atomic E-state index is -0.0323. The highest BCUT2D eigenvalue weighted by Crippen LogP contribution is 2.42. The molecule has 2 nitrogen and oxygen atoms in total. The Kier molecular flexibility index (Phi) is 2.69. The fourth-order valence-corrected chi connectivity index (χ4v) is 2.95. The molecule has 3 heteroatoms. The lowest BCUT2D eigenvalue weighted by Crippen LogP contribution is -2.42. The Morgan fingerprint density at radius 3 is 2.93 bits per heavy atom. The number of ether oxygens (including phenoxy) is 1. The predicted octanol–water partition coefficient (Wildman–Crippen LogP) is 2.87. The van der Waals surface area contributed by atoms with E-state index in [9.17, 15) is 4.79 Å². The van der Waals surface area contributed by atoms with Crippen LogP contribution in [0.3, 0.4) is 0 Å². The van der Waals surface area contributed by atoms with Crippen molar-refractivity contribution >= 4 is 21.9 Å². The highest BCUT2D eigenvalue weighted by Gasteiger charge is 2.42. The second kappa shape index (κ2) is 3.69. The molecule has 1 aliphatic carbocycles. The summed E-state index contributed by atoms with van der Waals surface area (Å²) in [5, 5.41) is 0. The fourth-order valence-electron chi connectivity index (χ4n) is 2.38. The third-order valence-corrected chi connectivity index (χ3v) is 3.75. The Balaban J connectivity index is 2.15. The number of fused-ring (bicyclic) bond motifs is 2. The van der Waals surface area contributed by atoms with Crippen molar-refractivity contribution in [2.75, 3.05) is 0 Å². The second-order valence-corrected chi connectivity index (χ2v) is 5.54. The van der Waals surface area contributed by atoms with E-state index < -0.39 is 0 Å². The van der Waals surface area contributed by atoms with Crippen molar-refractivity contribution in [2.24, 2.45) is 17.8 Å². The van der Waals surface area contributed by atoms with E-state index in [0.29, 0.717) is 11.8 Å². The van der Waals surface area contributed by atoms with Crippen LogP contribution in [0.1, 0.15) is 26.7 Å². The van der Waals surface area contributed by atoms with Gasteiger partial charge in [-0.25, -0.2) is 0 Å². The fraction of sp³-hybridized carbons (Fsp3) is 0.727.